The molecule has 0 aromatic carbocycles. The molecule has 1 rings (SSSR count). The molecule has 1 saturated heterocycles. The Morgan fingerprint density at radius 1 is 1.41 bits per heavy atom. The molecule has 0 aromatic rings. The van der Waals surface area contributed by atoms with Gasteiger partial charge in [0.05, 0.1) is 5.75 Å². The van der Waals surface area contributed by atoms with Gasteiger partial charge in [-0.25, -0.2) is 0 Å². The smallest absolute Gasteiger partial charge is 0.233 e. The summed E-state index contributed by atoms with van der Waals surface area (Å²) in [6, 6.07) is 1.08. The highest BCUT2D eigenvalue weighted by atomic mass is 32.2. The van der Waals surface area contributed by atoms with Crippen molar-refractivity contribution in [2.45, 2.75) is 64.6 Å². The lowest BCUT2D eigenvalue weighted by molar-refractivity contribution is -0.134. The Bertz CT molecular complexity index is 236. The number of piperidine rings is 1. The Kier molecular flexibility index (Phi) is 6.34. The van der Waals surface area contributed by atoms with Crippen LogP contribution in [0.4, 0.5) is 0 Å². The Morgan fingerprint density at radius 3 is 2.53 bits per heavy atom. The first-order chi connectivity index (χ1) is 8.02. The summed E-state index contributed by atoms with van der Waals surface area (Å²) in [6.07, 6.45) is 4.55. The summed E-state index contributed by atoms with van der Waals surface area (Å²) in [5.74, 6) is 1.90. The third kappa shape index (κ3) is 4.88. The monoisotopic (exact) mass is 258 g/mol. The lowest BCUT2D eigenvalue weighted by Gasteiger charge is -2.39. The van der Waals surface area contributed by atoms with Crippen LogP contribution < -0.4 is 5.73 Å². The predicted molar refractivity (Wildman–Crippen MR) is 75.2 cm³/mol. The number of likely N-dealkylation sites (tertiary alicyclic amines) is 1. The zero-order valence-electron chi connectivity index (χ0n) is 11.3. The van der Waals surface area contributed by atoms with Gasteiger partial charge in [0.25, 0.3) is 0 Å². The van der Waals surface area contributed by atoms with Crippen molar-refractivity contribution in [1.29, 1.82) is 0 Å². The molecule has 0 aromatic heterocycles. The third-order valence-corrected chi connectivity index (χ3v) is 4.40. The van der Waals surface area contributed by atoms with Crippen molar-refractivity contribution in [1.82, 2.24) is 4.90 Å². The molecule has 0 radical (unpaired) electrons. The first-order valence-electron chi connectivity index (χ1n) is 6.67. The molecular weight excluding hydrogens is 232 g/mol. The van der Waals surface area contributed by atoms with Gasteiger partial charge in [0.2, 0.25) is 5.91 Å². The van der Waals surface area contributed by atoms with Crippen LogP contribution in [0.1, 0.15) is 46.5 Å². The molecule has 1 amide bonds. The van der Waals surface area contributed by atoms with Gasteiger partial charge in [0.15, 0.2) is 0 Å². The minimum absolute atomic E-state index is 0.241. The molecule has 4 heteroatoms. The van der Waals surface area contributed by atoms with E-state index in [1.54, 1.807) is 11.8 Å². The molecule has 1 fully saturated rings. The second kappa shape index (κ2) is 7.27. The minimum atomic E-state index is 0.241. The van der Waals surface area contributed by atoms with E-state index < -0.39 is 0 Å². The van der Waals surface area contributed by atoms with Crippen LogP contribution in [0.25, 0.3) is 0 Å². The number of hydrogen-bond donors (Lipinski definition) is 1. The van der Waals surface area contributed by atoms with Crippen molar-refractivity contribution >= 4 is 17.7 Å². The quantitative estimate of drug-likeness (QED) is 0.769. The van der Waals surface area contributed by atoms with Crippen LogP contribution in [0.3, 0.4) is 0 Å². The van der Waals surface area contributed by atoms with Gasteiger partial charge in [-0.05, 0) is 52.2 Å². The van der Waals surface area contributed by atoms with E-state index in [0.29, 0.717) is 23.7 Å². The first-order valence-corrected chi connectivity index (χ1v) is 7.82. The van der Waals surface area contributed by atoms with Crippen LogP contribution in [0.5, 0.6) is 0 Å². The molecule has 0 bridgehead atoms. The van der Waals surface area contributed by atoms with Gasteiger partial charge in [-0.2, -0.15) is 11.8 Å². The standard InChI is InChI=1S/C13H26N2OS/c1-10(14)7-8-17-9-13(16)15-11(2)5-4-6-12(15)3/h10-12H,4-9,14H2,1-3H3. The van der Waals surface area contributed by atoms with Crippen LogP contribution in [-0.4, -0.2) is 40.4 Å². The zero-order chi connectivity index (χ0) is 12.8. The van der Waals surface area contributed by atoms with E-state index in [0.717, 1.165) is 25.0 Å². The van der Waals surface area contributed by atoms with Crippen molar-refractivity contribution in [2.24, 2.45) is 5.73 Å². The third-order valence-electron chi connectivity index (χ3n) is 3.42. The fraction of sp³-hybridized carbons (Fsp3) is 0.923. The average molecular weight is 258 g/mol. The first kappa shape index (κ1) is 14.8. The molecular formula is C13H26N2OS. The van der Waals surface area contributed by atoms with E-state index in [1.165, 1.54) is 6.42 Å². The Balaban J connectivity index is 2.30. The summed E-state index contributed by atoms with van der Waals surface area (Å²) in [5.41, 5.74) is 5.69. The lowest BCUT2D eigenvalue weighted by Crippen LogP contribution is -2.48. The fourth-order valence-electron chi connectivity index (χ4n) is 2.42. The highest BCUT2D eigenvalue weighted by Gasteiger charge is 2.28. The van der Waals surface area contributed by atoms with Crippen LogP contribution in [0.2, 0.25) is 0 Å². The number of rotatable bonds is 5. The van der Waals surface area contributed by atoms with Crippen LogP contribution in [-0.2, 0) is 4.79 Å². The second-order valence-corrected chi connectivity index (χ2v) is 6.35. The molecule has 3 nitrogen and oxygen atoms in total. The molecule has 1 heterocycles. The molecule has 0 saturated carbocycles. The topological polar surface area (TPSA) is 46.3 Å². The largest absolute Gasteiger partial charge is 0.337 e. The van der Waals surface area contributed by atoms with E-state index in [4.69, 9.17) is 5.73 Å². The van der Waals surface area contributed by atoms with E-state index >= 15 is 0 Å². The van der Waals surface area contributed by atoms with Crippen molar-refractivity contribution in [3.05, 3.63) is 0 Å². The highest BCUT2D eigenvalue weighted by Crippen LogP contribution is 2.23. The van der Waals surface area contributed by atoms with Crippen LogP contribution in [0.15, 0.2) is 0 Å². The number of carbonyl (C=O) groups is 1. The molecule has 1 aliphatic heterocycles. The molecule has 17 heavy (non-hydrogen) atoms. The summed E-state index contributed by atoms with van der Waals surface area (Å²) >= 11 is 1.72. The lowest BCUT2D eigenvalue weighted by atomic mass is 9.98. The summed E-state index contributed by atoms with van der Waals surface area (Å²) < 4.78 is 0. The van der Waals surface area contributed by atoms with Crippen LogP contribution >= 0.6 is 11.8 Å². The van der Waals surface area contributed by atoms with E-state index in [-0.39, 0.29) is 6.04 Å². The van der Waals surface area contributed by atoms with Gasteiger partial charge < -0.3 is 10.6 Å². The van der Waals surface area contributed by atoms with Gasteiger partial charge >= 0.3 is 0 Å². The van der Waals surface area contributed by atoms with Gasteiger partial charge in [0.1, 0.15) is 0 Å². The molecule has 100 valence electrons. The number of nitrogens with zero attached hydrogens (tertiary/aromatic N) is 1. The number of thioether (sulfide) groups is 1. The number of amides is 1. The summed E-state index contributed by atoms with van der Waals surface area (Å²) in [6.45, 7) is 6.34. The van der Waals surface area contributed by atoms with Gasteiger partial charge in [-0.1, -0.05) is 0 Å². The predicted octanol–water partition coefficient (Wildman–Crippen LogP) is 2.25. The summed E-state index contributed by atoms with van der Waals surface area (Å²) in [4.78, 5) is 14.2. The number of nitrogens with two attached hydrogens (primary N) is 1. The van der Waals surface area contributed by atoms with Gasteiger partial charge in [-0.3, -0.25) is 4.79 Å². The average Bonchev–Trinajstić information content (AvgIpc) is 2.24. The van der Waals surface area contributed by atoms with Crippen molar-refractivity contribution < 1.29 is 4.79 Å². The normalized spacial score (nSPS) is 26.9. The Hall–Kier alpha value is -0.220. The van der Waals surface area contributed by atoms with Gasteiger partial charge in [-0.15, -0.1) is 0 Å². The SMILES string of the molecule is CC(N)CCSCC(=O)N1C(C)CCCC1C. The van der Waals surface area contributed by atoms with Crippen LogP contribution in [0, 0.1) is 0 Å². The van der Waals surface area contributed by atoms with E-state index in [9.17, 15) is 4.79 Å². The molecule has 0 aliphatic carbocycles. The Morgan fingerprint density at radius 2 is 2.00 bits per heavy atom. The van der Waals surface area contributed by atoms with Crippen molar-refractivity contribution in [3.8, 4) is 0 Å². The number of hydrogen-bond acceptors (Lipinski definition) is 3. The maximum atomic E-state index is 12.1. The van der Waals surface area contributed by atoms with Crippen molar-refractivity contribution in [2.75, 3.05) is 11.5 Å². The minimum Gasteiger partial charge on any atom is -0.337 e. The highest BCUT2D eigenvalue weighted by molar-refractivity contribution is 7.99. The van der Waals surface area contributed by atoms with Crippen molar-refractivity contribution in [3.63, 3.8) is 0 Å². The fourth-order valence-corrected chi connectivity index (χ4v) is 3.42. The molecule has 3 atom stereocenters. The van der Waals surface area contributed by atoms with Gasteiger partial charge in [0, 0.05) is 18.1 Å². The maximum absolute atomic E-state index is 12.1. The molecule has 1 aliphatic rings. The maximum Gasteiger partial charge on any atom is 0.233 e. The summed E-state index contributed by atoms with van der Waals surface area (Å²) in [5, 5.41) is 0. The summed E-state index contributed by atoms with van der Waals surface area (Å²) in [7, 11) is 0. The van der Waals surface area contributed by atoms with E-state index in [1.807, 2.05) is 6.92 Å². The molecule has 3 unspecified atom stereocenters. The van der Waals surface area contributed by atoms with E-state index in [2.05, 4.69) is 18.7 Å². The Labute approximate surface area is 109 Å². The second-order valence-electron chi connectivity index (χ2n) is 5.25. The zero-order valence-corrected chi connectivity index (χ0v) is 12.1. The molecule has 0 spiro atoms. The number of carbonyl (C=O) groups excluding carboxylic acids is 1. The molecule has 2 N–H and O–H groups in total.